The minimum absolute atomic E-state index is 0.0116. The Balaban J connectivity index is 1.88. The summed E-state index contributed by atoms with van der Waals surface area (Å²) in [5, 5.41) is 5.74. The SMILES string of the molecule is CCCOC(=O)CC1C(=O)NCCN1C(=O)CNc1ccc(OCCOC)cc1. The molecule has 0 spiro atoms. The highest BCUT2D eigenvalue weighted by atomic mass is 16.5. The van der Waals surface area contributed by atoms with Crippen LogP contribution in [0.25, 0.3) is 0 Å². The highest BCUT2D eigenvalue weighted by Crippen LogP contribution is 2.16. The number of rotatable bonds is 11. The maximum atomic E-state index is 12.7. The Labute approximate surface area is 170 Å². The number of methoxy groups -OCH3 is 1. The lowest BCUT2D eigenvalue weighted by molar-refractivity contribution is -0.151. The van der Waals surface area contributed by atoms with Crippen LogP contribution in [0.4, 0.5) is 5.69 Å². The smallest absolute Gasteiger partial charge is 0.308 e. The van der Waals surface area contributed by atoms with E-state index >= 15 is 0 Å². The van der Waals surface area contributed by atoms with Crippen LogP contribution in [0.2, 0.25) is 0 Å². The van der Waals surface area contributed by atoms with Crippen LogP contribution in [-0.4, -0.2) is 75.3 Å². The zero-order valence-electron chi connectivity index (χ0n) is 16.9. The van der Waals surface area contributed by atoms with Crippen molar-refractivity contribution < 1.29 is 28.6 Å². The third-order valence-corrected chi connectivity index (χ3v) is 4.33. The third kappa shape index (κ3) is 7.26. The molecule has 2 amide bonds. The van der Waals surface area contributed by atoms with Crippen molar-refractivity contribution in [2.24, 2.45) is 0 Å². The summed E-state index contributed by atoms with van der Waals surface area (Å²) in [6.45, 7) is 3.88. The molecule has 1 fully saturated rings. The van der Waals surface area contributed by atoms with Crippen molar-refractivity contribution in [1.29, 1.82) is 0 Å². The second-order valence-electron chi connectivity index (χ2n) is 6.54. The van der Waals surface area contributed by atoms with Crippen molar-refractivity contribution in [1.82, 2.24) is 10.2 Å². The number of carbonyl (C=O) groups excluding carboxylic acids is 3. The molecule has 1 aliphatic heterocycles. The van der Waals surface area contributed by atoms with Crippen LogP contribution in [-0.2, 0) is 23.9 Å². The summed E-state index contributed by atoms with van der Waals surface area (Å²) in [6.07, 6.45) is 0.552. The first-order chi connectivity index (χ1) is 14.0. The number of amides is 2. The fourth-order valence-corrected chi connectivity index (χ4v) is 2.84. The standard InChI is InChI=1S/C20H29N3O6/c1-3-10-29-19(25)13-17-20(26)21-8-9-23(17)18(24)14-22-15-4-6-16(7-5-15)28-12-11-27-2/h4-7,17,22H,3,8-14H2,1-2H3,(H,21,26). The van der Waals surface area contributed by atoms with Crippen LogP contribution in [0.3, 0.4) is 0 Å². The van der Waals surface area contributed by atoms with Gasteiger partial charge in [-0.3, -0.25) is 14.4 Å². The van der Waals surface area contributed by atoms with Gasteiger partial charge in [-0.25, -0.2) is 0 Å². The molecule has 1 heterocycles. The number of esters is 1. The number of hydrogen-bond acceptors (Lipinski definition) is 7. The Morgan fingerprint density at radius 2 is 1.97 bits per heavy atom. The number of benzene rings is 1. The minimum Gasteiger partial charge on any atom is -0.491 e. The van der Waals surface area contributed by atoms with Gasteiger partial charge in [0, 0.05) is 25.9 Å². The Morgan fingerprint density at radius 1 is 1.21 bits per heavy atom. The van der Waals surface area contributed by atoms with Gasteiger partial charge in [0.25, 0.3) is 0 Å². The summed E-state index contributed by atoms with van der Waals surface area (Å²) in [5.41, 5.74) is 0.748. The molecule has 160 valence electrons. The second-order valence-corrected chi connectivity index (χ2v) is 6.54. The Kier molecular flexibility index (Phi) is 9.23. The predicted molar refractivity (Wildman–Crippen MR) is 107 cm³/mol. The van der Waals surface area contributed by atoms with Gasteiger partial charge < -0.3 is 29.7 Å². The van der Waals surface area contributed by atoms with Gasteiger partial charge in [-0.1, -0.05) is 6.92 Å². The van der Waals surface area contributed by atoms with E-state index in [0.717, 1.165) is 5.69 Å². The molecular weight excluding hydrogens is 378 g/mol. The molecule has 1 saturated heterocycles. The Bertz CT molecular complexity index is 679. The molecule has 9 nitrogen and oxygen atoms in total. The number of nitrogens with one attached hydrogen (secondary N) is 2. The van der Waals surface area contributed by atoms with Gasteiger partial charge in [-0.2, -0.15) is 0 Å². The fraction of sp³-hybridized carbons (Fsp3) is 0.550. The van der Waals surface area contributed by atoms with E-state index in [1.54, 1.807) is 31.4 Å². The fourth-order valence-electron chi connectivity index (χ4n) is 2.84. The van der Waals surface area contributed by atoms with Gasteiger partial charge in [0.05, 0.1) is 26.2 Å². The van der Waals surface area contributed by atoms with E-state index in [9.17, 15) is 14.4 Å². The number of hydrogen-bond donors (Lipinski definition) is 2. The quantitative estimate of drug-likeness (QED) is 0.413. The molecule has 1 aliphatic rings. The summed E-state index contributed by atoms with van der Waals surface area (Å²) < 4.78 is 15.5. The molecule has 1 aromatic carbocycles. The van der Waals surface area contributed by atoms with E-state index in [1.807, 2.05) is 6.92 Å². The molecule has 2 N–H and O–H groups in total. The van der Waals surface area contributed by atoms with Crippen LogP contribution in [0.5, 0.6) is 5.75 Å². The number of carbonyl (C=O) groups is 3. The van der Waals surface area contributed by atoms with Gasteiger partial charge in [-0.15, -0.1) is 0 Å². The first-order valence-corrected chi connectivity index (χ1v) is 9.73. The molecule has 0 bridgehead atoms. The molecule has 0 radical (unpaired) electrons. The monoisotopic (exact) mass is 407 g/mol. The summed E-state index contributed by atoms with van der Waals surface area (Å²) in [6, 6.07) is 6.35. The molecule has 0 aromatic heterocycles. The average Bonchev–Trinajstić information content (AvgIpc) is 2.73. The second kappa shape index (κ2) is 11.9. The van der Waals surface area contributed by atoms with Crippen molar-refractivity contribution in [3.05, 3.63) is 24.3 Å². The molecule has 1 atom stereocenters. The number of piperazine rings is 1. The number of anilines is 1. The number of nitrogens with zero attached hydrogens (tertiary/aromatic N) is 1. The van der Waals surface area contributed by atoms with E-state index in [4.69, 9.17) is 14.2 Å². The van der Waals surface area contributed by atoms with Crippen molar-refractivity contribution in [3.8, 4) is 5.75 Å². The highest BCUT2D eigenvalue weighted by Gasteiger charge is 2.34. The topological polar surface area (TPSA) is 106 Å². The zero-order valence-corrected chi connectivity index (χ0v) is 16.9. The number of ether oxygens (including phenoxy) is 3. The first kappa shape index (κ1) is 22.5. The summed E-state index contributed by atoms with van der Waals surface area (Å²) in [7, 11) is 1.61. The van der Waals surface area contributed by atoms with Gasteiger partial charge in [0.1, 0.15) is 18.4 Å². The van der Waals surface area contributed by atoms with Gasteiger partial charge in [0.2, 0.25) is 11.8 Å². The van der Waals surface area contributed by atoms with Gasteiger partial charge >= 0.3 is 5.97 Å². The third-order valence-electron chi connectivity index (χ3n) is 4.33. The summed E-state index contributed by atoms with van der Waals surface area (Å²) >= 11 is 0. The van der Waals surface area contributed by atoms with Crippen molar-refractivity contribution in [3.63, 3.8) is 0 Å². The minimum atomic E-state index is -0.848. The maximum Gasteiger partial charge on any atom is 0.308 e. The molecule has 0 saturated carbocycles. The van der Waals surface area contributed by atoms with E-state index in [1.165, 1.54) is 4.90 Å². The molecule has 29 heavy (non-hydrogen) atoms. The average molecular weight is 407 g/mol. The lowest BCUT2D eigenvalue weighted by Crippen LogP contribution is -2.58. The van der Waals surface area contributed by atoms with Crippen molar-refractivity contribution in [2.45, 2.75) is 25.8 Å². The lowest BCUT2D eigenvalue weighted by atomic mass is 10.1. The zero-order chi connectivity index (χ0) is 21.1. The first-order valence-electron chi connectivity index (χ1n) is 9.73. The Hall–Kier alpha value is -2.81. The highest BCUT2D eigenvalue weighted by molar-refractivity contribution is 5.93. The van der Waals surface area contributed by atoms with Gasteiger partial charge in [0.15, 0.2) is 0 Å². The van der Waals surface area contributed by atoms with Crippen LogP contribution < -0.4 is 15.4 Å². The Morgan fingerprint density at radius 3 is 2.66 bits per heavy atom. The van der Waals surface area contributed by atoms with Crippen LogP contribution in [0.1, 0.15) is 19.8 Å². The molecule has 1 aromatic rings. The van der Waals surface area contributed by atoms with Crippen LogP contribution in [0, 0.1) is 0 Å². The molecule has 1 unspecified atom stereocenters. The van der Waals surface area contributed by atoms with E-state index in [0.29, 0.717) is 45.1 Å². The molecule has 0 aliphatic carbocycles. The van der Waals surface area contributed by atoms with Crippen molar-refractivity contribution >= 4 is 23.5 Å². The van der Waals surface area contributed by atoms with Crippen molar-refractivity contribution in [2.75, 3.05) is 51.9 Å². The molecular formula is C20H29N3O6. The summed E-state index contributed by atoms with van der Waals surface area (Å²) in [4.78, 5) is 38.2. The molecule has 9 heteroatoms. The summed E-state index contributed by atoms with van der Waals surface area (Å²) in [5.74, 6) is -0.370. The normalized spacial score (nSPS) is 16.1. The van der Waals surface area contributed by atoms with E-state index in [2.05, 4.69) is 10.6 Å². The van der Waals surface area contributed by atoms with Gasteiger partial charge in [-0.05, 0) is 30.7 Å². The lowest BCUT2D eigenvalue weighted by Gasteiger charge is -2.34. The largest absolute Gasteiger partial charge is 0.491 e. The van der Waals surface area contributed by atoms with Crippen LogP contribution >= 0.6 is 0 Å². The van der Waals surface area contributed by atoms with E-state index < -0.39 is 12.0 Å². The van der Waals surface area contributed by atoms with Crippen LogP contribution in [0.15, 0.2) is 24.3 Å². The van der Waals surface area contributed by atoms with E-state index in [-0.39, 0.29) is 24.8 Å². The maximum absolute atomic E-state index is 12.7. The predicted octanol–water partition coefficient (Wildman–Crippen LogP) is 0.794. The molecule has 2 rings (SSSR count).